The Morgan fingerprint density at radius 3 is 2.60 bits per heavy atom. The summed E-state index contributed by atoms with van der Waals surface area (Å²) in [5, 5.41) is 8.89. The van der Waals surface area contributed by atoms with E-state index in [1.165, 1.54) is 12.8 Å². The number of aromatic nitrogens is 1. The molecule has 3 rings (SSSR count). The van der Waals surface area contributed by atoms with Crippen LogP contribution in [0.15, 0.2) is 30.5 Å². The van der Waals surface area contributed by atoms with Crippen LogP contribution in [0.4, 0.5) is 13.2 Å². The third-order valence-electron chi connectivity index (χ3n) is 4.86. The summed E-state index contributed by atoms with van der Waals surface area (Å²) in [6, 6.07) is 6.08. The molecule has 30 heavy (non-hydrogen) atoms. The van der Waals surface area contributed by atoms with Crippen molar-refractivity contribution in [2.45, 2.75) is 31.9 Å². The van der Waals surface area contributed by atoms with Crippen LogP contribution in [0.25, 0.3) is 0 Å². The first-order valence-corrected chi connectivity index (χ1v) is 10.2. The highest BCUT2D eigenvalue weighted by atomic mass is 35.5. The van der Waals surface area contributed by atoms with Crippen LogP contribution in [0.1, 0.15) is 30.4 Å². The number of ether oxygens (including phenoxy) is 2. The molecule has 0 aliphatic carbocycles. The molecule has 0 spiro atoms. The fraction of sp³-hybridized carbons (Fsp3) is 0.476. The summed E-state index contributed by atoms with van der Waals surface area (Å²) in [6.45, 7) is 3.52. The van der Waals surface area contributed by atoms with Gasteiger partial charge >= 0.3 is 6.18 Å². The topological polar surface area (TPSA) is 54.8 Å². The van der Waals surface area contributed by atoms with Gasteiger partial charge in [0.15, 0.2) is 0 Å². The van der Waals surface area contributed by atoms with E-state index in [4.69, 9.17) is 26.2 Å². The second-order valence-corrected chi connectivity index (χ2v) is 7.51. The predicted octanol–water partition coefficient (Wildman–Crippen LogP) is 4.95. The van der Waals surface area contributed by atoms with E-state index in [-0.39, 0.29) is 17.5 Å². The van der Waals surface area contributed by atoms with E-state index in [0.29, 0.717) is 37.1 Å². The van der Waals surface area contributed by atoms with Gasteiger partial charge in [-0.05, 0) is 56.5 Å². The van der Waals surface area contributed by atoms with Gasteiger partial charge in [-0.1, -0.05) is 17.7 Å². The fourth-order valence-electron chi connectivity index (χ4n) is 3.25. The first-order chi connectivity index (χ1) is 14.4. The molecule has 2 heterocycles. The maximum Gasteiger partial charge on any atom is 0.417 e. The molecule has 9 heteroatoms. The zero-order chi connectivity index (χ0) is 21.6. The molecule has 1 aliphatic rings. The lowest BCUT2D eigenvalue weighted by Crippen LogP contribution is -2.25. The molecule has 1 aliphatic heterocycles. The molecule has 0 saturated carbocycles. The predicted molar refractivity (Wildman–Crippen MR) is 107 cm³/mol. The van der Waals surface area contributed by atoms with Gasteiger partial charge in [-0.15, -0.1) is 0 Å². The number of aliphatic hydroxyl groups is 1. The number of hydrogen-bond acceptors (Lipinski definition) is 5. The Bertz CT molecular complexity index is 843. The number of halogens is 4. The van der Waals surface area contributed by atoms with Gasteiger partial charge in [0, 0.05) is 25.4 Å². The SMILES string of the molecule is OCCCc1ccc(OCCN2CCCC2)cc1Oc1ncc(C(F)(F)F)cc1Cl. The van der Waals surface area contributed by atoms with Crippen molar-refractivity contribution in [3.05, 3.63) is 46.6 Å². The van der Waals surface area contributed by atoms with Crippen LogP contribution in [-0.2, 0) is 12.6 Å². The van der Waals surface area contributed by atoms with E-state index >= 15 is 0 Å². The fourth-order valence-corrected chi connectivity index (χ4v) is 3.46. The molecule has 0 amide bonds. The average Bonchev–Trinajstić information content (AvgIpc) is 3.21. The minimum Gasteiger partial charge on any atom is -0.492 e. The first kappa shape index (κ1) is 22.7. The zero-order valence-electron chi connectivity index (χ0n) is 16.4. The monoisotopic (exact) mass is 444 g/mol. The van der Waals surface area contributed by atoms with Crippen molar-refractivity contribution in [3.8, 4) is 17.4 Å². The molecule has 0 radical (unpaired) electrons. The Labute approximate surface area is 178 Å². The molecule has 1 aromatic heterocycles. The van der Waals surface area contributed by atoms with Crippen LogP contribution in [0, 0.1) is 0 Å². The van der Waals surface area contributed by atoms with Crippen molar-refractivity contribution in [1.29, 1.82) is 0 Å². The van der Waals surface area contributed by atoms with Gasteiger partial charge in [-0.25, -0.2) is 4.98 Å². The lowest BCUT2D eigenvalue weighted by molar-refractivity contribution is -0.137. The Morgan fingerprint density at radius 1 is 1.17 bits per heavy atom. The highest BCUT2D eigenvalue weighted by Crippen LogP contribution is 2.36. The third kappa shape index (κ3) is 6.23. The molecule has 164 valence electrons. The lowest BCUT2D eigenvalue weighted by atomic mass is 10.1. The van der Waals surface area contributed by atoms with Crippen molar-refractivity contribution < 1.29 is 27.8 Å². The number of nitrogens with zero attached hydrogens (tertiary/aromatic N) is 2. The van der Waals surface area contributed by atoms with Crippen LogP contribution in [0.2, 0.25) is 5.02 Å². The van der Waals surface area contributed by atoms with Crippen LogP contribution in [0.5, 0.6) is 17.4 Å². The molecule has 1 aromatic carbocycles. The van der Waals surface area contributed by atoms with Crippen molar-refractivity contribution in [2.24, 2.45) is 0 Å². The van der Waals surface area contributed by atoms with Crippen molar-refractivity contribution in [2.75, 3.05) is 32.8 Å². The molecule has 0 atom stereocenters. The maximum atomic E-state index is 12.8. The summed E-state index contributed by atoms with van der Waals surface area (Å²) >= 11 is 5.97. The molecule has 0 bridgehead atoms. The molecular weight excluding hydrogens is 421 g/mol. The van der Waals surface area contributed by atoms with Gasteiger partial charge in [0.05, 0.1) is 5.56 Å². The minimum absolute atomic E-state index is 0.00676. The van der Waals surface area contributed by atoms with Crippen molar-refractivity contribution >= 4 is 11.6 Å². The van der Waals surface area contributed by atoms with E-state index < -0.39 is 11.7 Å². The Morgan fingerprint density at radius 2 is 1.93 bits per heavy atom. The largest absolute Gasteiger partial charge is 0.492 e. The number of aryl methyl sites for hydroxylation is 1. The van der Waals surface area contributed by atoms with Gasteiger partial charge < -0.3 is 14.6 Å². The number of alkyl halides is 3. The van der Waals surface area contributed by atoms with E-state index in [9.17, 15) is 13.2 Å². The Hall–Kier alpha value is -2.03. The zero-order valence-corrected chi connectivity index (χ0v) is 17.2. The normalized spacial score (nSPS) is 14.8. The molecule has 0 unspecified atom stereocenters. The number of rotatable bonds is 9. The number of hydrogen-bond donors (Lipinski definition) is 1. The number of benzene rings is 1. The highest BCUT2D eigenvalue weighted by Gasteiger charge is 2.32. The van der Waals surface area contributed by atoms with Gasteiger partial charge in [-0.3, -0.25) is 4.90 Å². The summed E-state index contributed by atoms with van der Waals surface area (Å²) in [7, 11) is 0. The van der Waals surface area contributed by atoms with Crippen molar-refractivity contribution in [3.63, 3.8) is 0 Å². The van der Waals surface area contributed by atoms with Crippen LogP contribution in [0.3, 0.4) is 0 Å². The second kappa shape index (κ2) is 10.3. The summed E-state index contributed by atoms with van der Waals surface area (Å²) in [5.74, 6) is 0.848. The van der Waals surface area contributed by atoms with Gasteiger partial charge in [0.25, 0.3) is 0 Å². The standard InChI is InChI=1S/C21H24ClF3N2O3/c22-18-12-16(21(23,24)25)14-26-20(18)30-19-13-17(6-5-15(19)4-3-10-28)29-11-9-27-7-1-2-8-27/h5-6,12-14,28H,1-4,7-11H2. The quantitative estimate of drug-likeness (QED) is 0.593. The van der Waals surface area contributed by atoms with Crippen LogP contribution < -0.4 is 9.47 Å². The van der Waals surface area contributed by atoms with Crippen LogP contribution in [-0.4, -0.2) is 47.8 Å². The maximum absolute atomic E-state index is 12.8. The second-order valence-electron chi connectivity index (χ2n) is 7.10. The van der Waals surface area contributed by atoms with Gasteiger partial charge in [-0.2, -0.15) is 13.2 Å². The molecule has 2 aromatic rings. The van der Waals surface area contributed by atoms with E-state index in [1.807, 2.05) is 12.1 Å². The average molecular weight is 445 g/mol. The number of likely N-dealkylation sites (tertiary alicyclic amines) is 1. The van der Waals surface area contributed by atoms with E-state index in [1.54, 1.807) is 6.07 Å². The molecule has 1 saturated heterocycles. The Balaban J connectivity index is 1.74. The van der Waals surface area contributed by atoms with Crippen molar-refractivity contribution in [1.82, 2.24) is 9.88 Å². The summed E-state index contributed by atoms with van der Waals surface area (Å²) < 4.78 is 50.1. The van der Waals surface area contributed by atoms with Crippen LogP contribution >= 0.6 is 11.6 Å². The first-order valence-electron chi connectivity index (χ1n) is 9.86. The smallest absolute Gasteiger partial charge is 0.417 e. The van der Waals surface area contributed by atoms with Gasteiger partial charge in [0.1, 0.15) is 23.1 Å². The number of pyridine rings is 1. The summed E-state index contributed by atoms with van der Waals surface area (Å²) in [6.07, 6.45) is -0.399. The molecular formula is C21H24ClF3N2O3. The highest BCUT2D eigenvalue weighted by molar-refractivity contribution is 6.31. The molecule has 1 N–H and O–H groups in total. The Kier molecular flexibility index (Phi) is 7.80. The van der Waals surface area contributed by atoms with Gasteiger partial charge in [0.2, 0.25) is 5.88 Å². The minimum atomic E-state index is -4.54. The summed E-state index contributed by atoms with van der Waals surface area (Å²) in [5.41, 5.74) is -0.173. The van der Waals surface area contributed by atoms with E-state index in [0.717, 1.165) is 31.3 Å². The number of aliphatic hydroxyl groups excluding tert-OH is 1. The molecule has 5 nitrogen and oxygen atoms in total. The lowest BCUT2D eigenvalue weighted by Gasteiger charge is -2.17. The molecule has 1 fully saturated rings. The third-order valence-corrected chi connectivity index (χ3v) is 5.13. The summed E-state index contributed by atoms with van der Waals surface area (Å²) in [4.78, 5) is 6.07. The van der Waals surface area contributed by atoms with E-state index in [2.05, 4.69) is 9.88 Å².